The van der Waals surface area contributed by atoms with Gasteiger partial charge in [0.1, 0.15) is 9.47 Å². The van der Waals surface area contributed by atoms with E-state index in [0.29, 0.717) is 4.64 Å². The molecule has 3 aromatic heterocycles. The molecule has 0 spiro atoms. The van der Waals surface area contributed by atoms with Crippen molar-refractivity contribution in [2.45, 2.75) is 50.6 Å². The van der Waals surface area contributed by atoms with Gasteiger partial charge in [-0.1, -0.05) is 37.3 Å². The van der Waals surface area contributed by atoms with Crippen LogP contribution in [0.5, 0.6) is 0 Å². The smallest absolute Gasteiger partial charge is 0.167 e. The molecular formula is C17H19N3S3. The second-order valence-electron chi connectivity index (χ2n) is 6.01. The maximum Gasteiger partial charge on any atom is 0.167 e. The summed E-state index contributed by atoms with van der Waals surface area (Å²) in [6.45, 7) is 2.24. The van der Waals surface area contributed by atoms with Crippen LogP contribution in [0.4, 0.5) is 0 Å². The zero-order valence-corrected chi connectivity index (χ0v) is 15.8. The van der Waals surface area contributed by atoms with Crippen molar-refractivity contribution in [3.05, 3.63) is 21.5 Å². The Morgan fingerprint density at radius 3 is 2.87 bits per heavy atom. The Labute approximate surface area is 148 Å². The Bertz CT molecular complexity index is 955. The van der Waals surface area contributed by atoms with Crippen molar-refractivity contribution < 1.29 is 0 Å². The Balaban J connectivity index is 2.06. The summed E-state index contributed by atoms with van der Waals surface area (Å²) in [5.41, 5.74) is 5.49. The molecule has 0 bridgehead atoms. The lowest BCUT2D eigenvalue weighted by Gasteiger charge is -2.09. The average Bonchev–Trinajstić information content (AvgIpc) is 3.16. The normalized spacial score (nSPS) is 14.0. The molecule has 120 valence electrons. The number of rotatable bonds is 4. The third kappa shape index (κ3) is 2.51. The highest BCUT2D eigenvalue weighted by atomic mass is 32.2. The molecular weight excluding hydrogens is 342 g/mol. The predicted molar refractivity (Wildman–Crippen MR) is 103 cm³/mol. The molecule has 3 aromatic rings. The van der Waals surface area contributed by atoms with E-state index in [1.807, 2.05) is 6.26 Å². The molecule has 0 radical (unpaired) electrons. The van der Waals surface area contributed by atoms with E-state index in [0.717, 1.165) is 33.0 Å². The third-order valence-electron chi connectivity index (χ3n) is 4.58. The van der Waals surface area contributed by atoms with Gasteiger partial charge in [-0.2, -0.15) is 0 Å². The maximum absolute atomic E-state index is 5.52. The number of aromatic amines is 1. The van der Waals surface area contributed by atoms with Crippen molar-refractivity contribution in [2.24, 2.45) is 0 Å². The van der Waals surface area contributed by atoms with Crippen molar-refractivity contribution >= 4 is 55.7 Å². The fourth-order valence-electron chi connectivity index (χ4n) is 3.50. The molecule has 1 N–H and O–H groups in total. The topological polar surface area (TPSA) is 41.6 Å². The minimum Gasteiger partial charge on any atom is -0.333 e. The summed E-state index contributed by atoms with van der Waals surface area (Å²) in [5, 5.41) is 2.20. The minimum atomic E-state index is 0.702. The van der Waals surface area contributed by atoms with E-state index in [1.54, 1.807) is 23.1 Å². The fourth-order valence-corrected chi connectivity index (χ4v) is 5.33. The number of pyridine rings is 1. The second-order valence-corrected chi connectivity index (χ2v) is 8.19. The number of hydrogen-bond acceptors (Lipinski definition) is 5. The van der Waals surface area contributed by atoms with Crippen LogP contribution in [-0.2, 0) is 19.3 Å². The van der Waals surface area contributed by atoms with E-state index < -0.39 is 0 Å². The molecule has 3 heterocycles. The molecule has 4 rings (SSSR count). The molecule has 0 atom stereocenters. The van der Waals surface area contributed by atoms with Gasteiger partial charge in [-0.05, 0) is 49.5 Å². The zero-order valence-electron chi connectivity index (χ0n) is 13.4. The van der Waals surface area contributed by atoms with Crippen molar-refractivity contribution in [3.8, 4) is 0 Å². The van der Waals surface area contributed by atoms with Crippen LogP contribution in [-0.4, -0.2) is 21.2 Å². The molecule has 0 unspecified atom stereocenters. The van der Waals surface area contributed by atoms with E-state index in [2.05, 4.69) is 16.9 Å². The van der Waals surface area contributed by atoms with Crippen LogP contribution in [0.3, 0.4) is 0 Å². The number of aryl methyl sites for hydroxylation is 2. The van der Waals surface area contributed by atoms with Crippen LogP contribution in [0.1, 0.15) is 43.0 Å². The van der Waals surface area contributed by atoms with Gasteiger partial charge in [0.25, 0.3) is 0 Å². The number of thioether (sulfide) groups is 1. The molecule has 0 fully saturated rings. The van der Waals surface area contributed by atoms with Gasteiger partial charge in [0.2, 0.25) is 0 Å². The maximum atomic E-state index is 5.52. The molecule has 6 heteroatoms. The van der Waals surface area contributed by atoms with E-state index in [1.165, 1.54) is 47.9 Å². The van der Waals surface area contributed by atoms with Crippen LogP contribution >= 0.6 is 35.3 Å². The number of hydrogen-bond donors (Lipinski definition) is 1. The van der Waals surface area contributed by atoms with Crippen LogP contribution in [0.15, 0.2) is 5.16 Å². The van der Waals surface area contributed by atoms with Crippen molar-refractivity contribution in [3.63, 3.8) is 0 Å². The molecule has 0 saturated heterocycles. The summed E-state index contributed by atoms with van der Waals surface area (Å²) in [6, 6.07) is 0. The summed E-state index contributed by atoms with van der Waals surface area (Å²) in [4.78, 5) is 14.1. The molecule has 1 aliphatic rings. The first kappa shape index (κ1) is 15.5. The molecule has 23 heavy (non-hydrogen) atoms. The first-order chi connectivity index (χ1) is 11.2. The van der Waals surface area contributed by atoms with E-state index >= 15 is 0 Å². The average molecular weight is 362 g/mol. The van der Waals surface area contributed by atoms with Crippen molar-refractivity contribution in [1.82, 2.24) is 15.0 Å². The van der Waals surface area contributed by atoms with Crippen LogP contribution in [0.25, 0.3) is 20.4 Å². The molecule has 1 aliphatic carbocycles. The van der Waals surface area contributed by atoms with E-state index in [4.69, 9.17) is 17.2 Å². The van der Waals surface area contributed by atoms with Crippen LogP contribution < -0.4 is 0 Å². The van der Waals surface area contributed by atoms with Gasteiger partial charge in [0.05, 0.1) is 10.2 Å². The molecule has 3 nitrogen and oxygen atoms in total. The van der Waals surface area contributed by atoms with Gasteiger partial charge in [0, 0.05) is 11.1 Å². The second kappa shape index (κ2) is 6.15. The predicted octanol–water partition coefficient (Wildman–Crippen LogP) is 5.46. The monoisotopic (exact) mass is 361 g/mol. The quantitative estimate of drug-likeness (QED) is 0.381. The van der Waals surface area contributed by atoms with E-state index in [9.17, 15) is 0 Å². The number of nitrogens with one attached hydrogen (secondary N) is 1. The minimum absolute atomic E-state index is 0.702. The molecule has 0 aliphatic heterocycles. The Kier molecular flexibility index (Phi) is 4.15. The third-order valence-corrected chi connectivity index (χ3v) is 6.68. The largest absolute Gasteiger partial charge is 0.333 e. The van der Waals surface area contributed by atoms with E-state index in [-0.39, 0.29) is 0 Å². The van der Waals surface area contributed by atoms with Gasteiger partial charge in [-0.3, -0.25) is 0 Å². The van der Waals surface area contributed by atoms with Gasteiger partial charge in [-0.15, -0.1) is 11.3 Å². The van der Waals surface area contributed by atoms with Gasteiger partial charge in [0.15, 0.2) is 5.16 Å². The zero-order chi connectivity index (χ0) is 16.0. The van der Waals surface area contributed by atoms with Gasteiger partial charge < -0.3 is 4.98 Å². The lowest BCUT2D eigenvalue weighted by molar-refractivity contribution is 0.770. The molecule has 0 saturated carbocycles. The van der Waals surface area contributed by atoms with Gasteiger partial charge >= 0.3 is 0 Å². The first-order valence-corrected chi connectivity index (χ1v) is 10.6. The van der Waals surface area contributed by atoms with Crippen molar-refractivity contribution in [2.75, 3.05) is 6.26 Å². The number of fused-ring (bicyclic) bond motifs is 5. The molecule has 0 amide bonds. The van der Waals surface area contributed by atoms with Crippen LogP contribution in [0.2, 0.25) is 0 Å². The molecule has 0 aromatic carbocycles. The standard InChI is InChI=1S/C17H19N3S3/c1-3-4-8-11-9-6-5-7-10(9)12-13-14(23-16(12)18-11)15(21)20-17(19-13)22-2/h3-8H2,1-2H3,(H,19,20,21). The lowest BCUT2D eigenvalue weighted by Crippen LogP contribution is -1.98. The number of thiophene rings is 1. The Morgan fingerprint density at radius 2 is 2.09 bits per heavy atom. The first-order valence-electron chi connectivity index (χ1n) is 8.14. The lowest BCUT2D eigenvalue weighted by atomic mass is 10.0. The number of H-pyrrole nitrogens is 1. The summed E-state index contributed by atoms with van der Waals surface area (Å²) < 4.78 is 1.79. The number of nitrogens with zero attached hydrogens (tertiary/aromatic N) is 2. The summed E-state index contributed by atoms with van der Waals surface area (Å²) in [7, 11) is 0. The fraction of sp³-hybridized carbons (Fsp3) is 0.471. The van der Waals surface area contributed by atoms with Crippen LogP contribution in [0, 0.1) is 4.64 Å². The summed E-state index contributed by atoms with van der Waals surface area (Å²) >= 11 is 8.83. The SMILES string of the molecule is CCCCc1nc2sc3c(=S)nc(SC)[nH]c3c2c2c1CCC2. The number of unbranched alkanes of at least 4 members (excludes halogenated alkanes) is 1. The Morgan fingerprint density at radius 1 is 1.26 bits per heavy atom. The summed E-state index contributed by atoms with van der Waals surface area (Å²) in [5.74, 6) is 0. The highest BCUT2D eigenvalue weighted by Crippen LogP contribution is 2.40. The Hall–Kier alpha value is -0.980. The highest BCUT2D eigenvalue weighted by Gasteiger charge is 2.23. The number of aromatic nitrogens is 3. The van der Waals surface area contributed by atoms with Gasteiger partial charge in [-0.25, -0.2) is 9.97 Å². The highest BCUT2D eigenvalue weighted by molar-refractivity contribution is 7.98. The van der Waals surface area contributed by atoms with Crippen molar-refractivity contribution in [1.29, 1.82) is 0 Å². The summed E-state index contributed by atoms with van der Waals surface area (Å²) in [6.07, 6.45) is 9.14.